The summed E-state index contributed by atoms with van der Waals surface area (Å²) in [6.45, 7) is 0. The van der Waals surface area contributed by atoms with Gasteiger partial charge >= 0.3 is 0 Å². The molecule has 1 aromatic heterocycles. The van der Waals surface area contributed by atoms with E-state index in [0.29, 0.717) is 0 Å². The molecule has 0 radical (unpaired) electrons. The summed E-state index contributed by atoms with van der Waals surface area (Å²) < 4.78 is 2.61. The van der Waals surface area contributed by atoms with E-state index < -0.39 is 0 Å². The summed E-state index contributed by atoms with van der Waals surface area (Å²) in [4.78, 5) is 2.40. The third-order valence-electron chi connectivity index (χ3n) is 10.0. The Balaban J connectivity index is 1.11. The molecule has 0 aliphatic rings. The molecule has 0 atom stereocenters. The van der Waals surface area contributed by atoms with Crippen LogP contribution >= 0.6 is 11.3 Å². The third kappa shape index (κ3) is 4.84. The van der Waals surface area contributed by atoms with Gasteiger partial charge in [0.1, 0.15) is 0 Å². The van der Waals surface area contributed by atoms with Crippen LogP contribution in [0, 0.1) is 0 Å². The van der Waals surface area contributed by atoms with Crippen molar-refractivity contribution in [1.29, 1.82) is 0 Å². The van der Waals surface area contributed by atoms with Gasteiger partial charge in [0.05, 0.1) is 0 Å². The van der Waals surface area contributed by atoms with Gasteiger partial charge in [-0.25, -0.2) is 0 Å². The normalized spacial score (nSPS) is 11.6. The monoisotopic (exact) mass is 653 g/mol. The Labute approximate surface area is 294 Å². The van der Waals surface area contributed by atoms with E-state index in [1.807, 2.05) is 11.3 Å². The van der Waals surface area contributed by atoms with Crippen molar-refractivity contribution in [2.75, 3.05) is 4.90 Å². The van der Waals surface area contributed by atoms with Crippen LogP contribution < -0.4 is 4.90 Å². The highest BCUT2D eigenvalue weighted by molar-refractivity contribution is 7.25. The average molecular weight is 654 g/mol. The summed E-state index contributed by atoms with van der Waals surface area (Å²) in [5, 5.41) is 10.2. The molecule has 0 aliphatic heterocycles. The average Bonchev–Trinajstić information content (AvgIpc) is 3.56. The second-order valence-corrected chi connectivity index (χ2v) is 14.0. The minimum Gasteiger partial charge on any atom is -0.310 e. The number of nitrogens with zero attached hydrogens (tertiary/aromatic N) is 1. The van der Waals surface area contributed by atoms with Gasteiger partial charge in [-0.2, -0.15) is 0 Å². The predicted molar refractivity (Wildman–Crippen MR) is 217 cm³/mol. The van der Waals surface area contributed by atoms with Gasteiger partial charge in [-0.1, -0.05) is 140 Å². The number of benzene rings is 9. The smallest absolute Gasteiger partial charge is 0.0476 e. The van der Waals surface area contributed by atoms with Crippen molar-refractivity contribution >= 4 is 80.9 Å². The summed E-state index contributed by atoms with van der Waals surface area (Å²) in [5.41, 5.74) is 8.35. The first-order valence-electron chi connectivity index (χ1n) is 17.1. The van der Waals surface area contributed by atoms with Crippen molar-refractivity contribution in [2.24, 2.45) is 0 Å². The maximum atomic E-state index is 2.40. The standard InChI is InChI=1S/C48H31NS/c1-2-9-32(10-3-1)35-21-26-43-36(29-35)17-18-37-30-39(24-27-44(37)43)49(40-25-28-46-45-14-6-7-16-47(45)50-48(46)31-40)38-22-19-34(20-23-38)42-15-8-12-33-11-4-5-13-41(33)42/h1-31H. The lowest BCUT2D eigenvalue weighted by Gasteiger charge is -2.26. The molecule has 0 spiro atoms. The van der Waals surface area contributed by atoms with E-state index in [1.165, 1.54) is 74.7 Å². The van der Waals surface area contributed by atoms with Crippen LogP contribution in [0.25, 0.3) is 74.7 Å². The predicted octanol–water partition coefficient (Wildman–Crippen LogP) is 14.3. The Hall–Kier alpha value is -6.22. The third-order valence-corrected chi connectivity index (χ3v) is 11.2. The van der Waals surface area contributed by atoms with Gasteiger partial charge in [0.2, 0.25) is 0 Å². The summed E-state index contributed by atoms with van der Waals surface area (Å²) in [7, 11) is 0. The maximum Gasteiger partial charge on any atom is 0.0476 e. The fourth-order valence-electron chi connectivity index (χ4n) is 7.58. The lowest BCUT2D eigenvalue weighted by Crippen LogP contribution is -2.09. The van der Waals surface area contributed by atoms with Crippen molar-refractivity contribution in [3.05, 3.63) is 188 Å². The summed E-state index contributed by atoms with van der Waals surface area (Å²) >= 11 is 1.86. The molecule has 0 unspecified atom stereocenters. The Bertz CT molecular complexity index is 2860. The summed E-state index contributed by atoms with van der Waals surface area (Å²) in [5.74, 6) is 0. The number of thiophene rings is 1. The zero-order valence-corrected chi connectivity index (χ0v) is 28.1. The highest BCUT2D eigenvalue weighted by Gasteiger charge is 2.17. The minimum atomic E-state index is 1.13. The van der Waals surface area contributed by atoms with E-state index in [4.69, 9.17) is 0 Å². The molecule has 10 rings (SSSR count). The van der Waals surface area contributed by atoms with Gasteiger partial charge in [0.15, 0.2) is 0 Å². The second kappa shape index (κ2) is 11.7. The van der Waals surface area contributed by atoms with Crippen molar-refractivity contribution < 1.29 is 0 Å². The topological polar surface area (TPSA) is 3.24 Å². The van der Waals surface area contributed by atoms with Crippen LogP contribution in [0.1, 0.15) is 0 Å². The Morgan fingerprint density at radius 1 is 0.300 bits per heavy atom. The molecular weight excluding hydrogens is 623 g/mol. The van der Waals surface area contributed by atoms with Gasteiger partial charge in [0.25, 0.3) is 0 Å². The number of hydrogen-bond acceptors (Lipinski definition) is 2. The molecule has 0 saturated carbocycles. The number of fused-ring (bicyclic) bond motifs is 7. The Morgan fingerprint density at radius 2 is 0.900 bits per heavy atom. The van der Waals surface area contributed by atoms with E-state index in [1.54, 1.807) is 0 Å². The SMILES string of the molecule is c1ccc(-c2ccc3c(ccc4cc(N(c5ccc(-c6cccc7ccccc67)cc5)c5ccc6c(c5)sc5ccccc56)ccc43)c2)cc1. The molecule has 9 aromatic carbocycles. The lowest BCUT2D eigenvalue weighted by molar-refractivity contribution is 1.30. The summed E-state index contributed by atoms with van der Waals surface area (Å²) in [6.07, 6.45) is 0. The Morgan fingerprint density at radius 3 is 1.74 bits per heavy atom. The first kappa shape index (κ1) is 28.8. The molecule has 1 heterocycles. The molecule has 0 N–H and O–H groups in total. The van der Waals surface area contributed by atoms with Gasteiger partial charge < -0.3 is 4.90 Å². The van der Waals surface area contributed by atoms with Crippen LogP contribution in [0.2, 0.25) is 0 Å². The largest absolute Gasteiger partial charge is 0.310 e. The molecule has 234 valence electrons. The Kier molecular flexibility index (Phi) is 6.75. The van der Waals surface area contributed by atoms with Gasteiger partial charge in [0, 0.05) is 37.2 Å². The van der Waals surface area contributed by atoms with E-state index >= 15 is 0 Å². The van der Waals surface area contributed by atoms with Crippen LogP contribution in [0.3, 0.4) is 0 Å². The van der Waals surface area contributed by atoms with Crippen molar-refractivity contribution in [3.63, 3.8) is 0 Å². The molecule has 10 aromatic rings. The minimum absolute atomic E-state index is 1.13. The fraction of sp³-hybridized carbons (Fsp3) is 0. The molecule has 0 aliphatic carbocycles. The van der Waals surface area contributed by atoms with Crippen LogP contribution in [-0.4, -0.2) is 0 Å². The maximum absolute atomic E-state index is 2.40. The van der Waals surface area contributed by atoms with Crippen molar-refractivity contribution in [2.45, 2.75) is 0 Å². The zero-order valence-electron chi connectivity index (χ0n) is 27.3. The van der Waals surface area contributed by atoms with E-state index in [9.17, 15) is 0 Å². The zero-order chi connectivity index (χ0) is 33.0. The number of hydrogen-bond donors (Lipinski definition) is 0. The van der Waals surface area contributed by atoms with Gasteiger partial charge in [-0.3, -0.25) is 0 Å². The molecule has 0 fully saturated rings. The first-order chi connectivity index (χ1) is 24.8. The fourth-order valence-corrected chi connectivity index (χ4v) is 8.72. The van der Waals surface area contributed by atoms with Gasteiger partial charge in [-0.05, 0) is 103 Å². The van der Waals surface area contributed by atoms with E-state index in [2.05, 4.69) is 193 Å². The molecule has 50 heavy (non-hydrogen) atoms. The quantitative estimate of drug-likeness (QED) is 0.167. The molecule has 0 bridgehead atoms. The second-order valence-electron chi connectivity index (χ2n) is 13.0. The van der Waals surface area contributed by atoms with Crippen molar-refractivity contribution in [3.8, 4) is 22.3 Å². The highest BCUT2D eigenvalue weighted by atomic mass is 32.1. The molecule has 0 saturated heterocycles. The number of rotatable bonds is 5. The molecule has 2 heteroatoms. The van der Waals surface area contributed by atoms with Crippen LogP contribution in [0.4, 0.5) is 17.1 Å². The first-order valence-corrected chi connectivity index (χ1v) is 17.9. The van der Waals surface area contributed by atoms with Crippen LogP contribution in [-0.2, 0) is 0 Å². The van der Waals surface area contributed by atoms with Gasteiger partial charge in [-0.15, -0.1) is 11.3 Å². The van der Waals surface area contributed by atoms with Crippen LogP contribution in [0.15, 0.2) is 188 Å². The van der Waals surface area contributed by atoms with E-state index in [0.717, 1.165) is 17.1 Å². The van der Waals surface area contributed by atoms with E-state index in [-0.39, 0.29) is 0 Å². The highest BCUT2D eigenvalue weighted by Crippen LogP contribution is 2.42. The number of anilines is 3. The molecular formula is C48H31NS. The molecule has 1 nitrogen and oxygen atoms in total. The summed E-state index contributed by atoms with van der Waals surface area (Å²) in [6, 6.07) is 68.8. The lowest BCUT2D eigenvalue weighted by atomic mass is 9.97. The molecule has 0 amide bonds. The van der Waals surface area contributed by atoms with Crippen LogP contribution in [0.5, 0.6) is 0 Å². The van der Waals surface area contributed by atoms with Crippen molar-refractivity contribution in [1.82, 2.24) is 0 Å².